The molecule has 2 amide bonds. The number of hydrogen-bond acceptors (Lipinski definition) is 2. The first-order valence-electron chi connectivity index (χ1n) is 4.88. The molecule has 0 aromatic heterocycles. The van der Waals surface area contributed by atoms with Crippen molar-refractivity contribution in [1.29, 1.82) is 0 Å². The maximum atomic E-state index is 12.1. The normalized spacial score (nSPS) is 19.8. The van der Waals surface area contributed by atoms with Crippen molar-refractivity contribution in [2.75, 3.05) is 0 Å². The van der Waals surface area contributed by atoms with Gasteiger partial charge in [-0.3, -0.25) is 0 Å². The molecule has 2 unspecified atom stereocenters. The van der Waals surface area contributed by atoms with Crippen molar-refractivity contribution in [2.24, 2.45) is 5.73 Å². The maximum absolute atomic E-state index is 12.1. The van der Waals surface area contributed by atoms with Crippen molar-refractivity contribution in [3.63, 3.8) is 0 Å². The molecule has 1 heterocycles. The van der Waals surface area contributed by atoms with Crippen LogP contribution in [0.25, 0.3) is 6.08 Å². The molecule has 1 aliphatic rings. The number of urea groups is 1. The average molecular weight is 236 g/mol. The molecule has 0 spiro atoms. The van der Waals surface area contributed by atoms with Crippen LogP contribution >= 0.6 is 0 Å². The molecular formula is C11H12N2O2S. The SMILES string of the molecule is CC(NC(N)=O)C1=Cc2ccccc2S1=O. The highest BCUT2D eigenvalue weighted by Gasteiger charge is 2.25. The third kappa shape index (κ3) is 1.86. The lowest BCUT2D eigenvalue weighted by Gasteiger charge is -2.12. The smallest absolute Gasteiger partial charge is 0.312 e. The minimum absolute atomic E-state index is 0.314. The van der Waals surface area contributed by atoms with Gasteiger partial charge >= 0.3 is 6.03 Å². The van der Waals surface area contributed by atoms with E-state index >= 15 is 0 Å². The Balaban J connectivity index is 2.28. The first-order valence-corrected chi connectivity index (χ1v) is 6.03. The van der Waals surface area contributed by atoms with Gasteiger partial charge in [0.15, 0.2) is 0 Å². The van der Waals surface area contributed by atoms with E-state index in [9.17, 15) is 9.00 Å². The highest BCUT2D eigenvalue weighted by molar-refractivity contribution is 7.89. The molecule has 0 saturated heterocycles. The lowest BCUT2D eigenvalue weighted by atomic mass is 10.2. The Morgan fingerprint density at radius 1 is 1.44 bits per heavy atom. The van der Waals surface area contributed by atoms with Gasteiger partial charge in [-0.1, -0.05) is 18.2 Å². The molecule has 84 valence electrons. The Hall–Kier alpha value is -1.62. The monoisotopic (exact) mass is 236 g/mol. The maximum Gasteiger partial charge on any atom is 0.312 e. The van der Waals surface area contributed by atoms with Gasteiger partial charge in [0.2, 0.25) is 0 Å². The topological polar surface area (TPSA) is 72.2 Å². The Morgan fingerprint density at radius 3 is 2.75 bits per heavy atom. The summed E-state index contributed by atoms with van der Waals surface area (Å²) >= 11 is 0. The zero-order valence-electron chi connectivity index (χ0n) is 8.77. The van der Waals surface area contributed by atoms with Gasteiger partial charge in [-0.15, -0.1) is 0 Å². The van der Waals surface area contributed by atoms with Crippen molar-refractivity contribution in [3.8, 4) is 0 Å². The van der Waals surface area contributed by atoms with Crippen LogP contribution in [-0.2, 0) is 10.8 Å². The van der Waals surface area contributed by atoms with E-state index in [0.29, 0.717) is 4.91 Å². The van der Waals surface area contributed by atoms with E-state index in [2.05, 4.69) is 5.32 Å². The molecule has 0 bridgehead atoms. The van der Waals surface area contributed by atoms with Crippen molar-refractivity contribution in [2.45, 2.75) is 17.9 Å². The zero-order valence-corrected chi connectivity index (χ0v) is 9.58. The van der Waals surface area contributed by atoms with Crippen molar-refractivity contribution in [1.82, 2.24) is 5.32 Å². The number of nitrogens with one attached hydrogen (secondary N) is 1. The van der Waals surface area contributed by atoms with E-state index < -0.39 is 16.8 Å². The molecule has 0 fully saturated rings. The molecule has 0 saturated carbocycles. The van der Waals surface area contributed by atoms with Crippen LogP contribution in [0.15, 0.2) is 34.1 Å². The van der Waals surface area contributed by atoms with Crippen LogP contribution < -0.4 is 11.1 Å². The second kappa shape index (κ2) is 4.09. The van der Waals surface area contributed by atoms with Crippen LogP contribution in [0.3, 0.4) is 0 Å². The van der Waals surface area contributed by atoms with Crippen LogP contribution in [0.5, 0.6) is 0 Å². The zero-order chi connectivity index (χ0) is 11.7. The standard InChI is InChI=1S/C11H12N2O2S/c1-7(13-11(12)14)10-6-8-4-2-3-5-9(8)16(10)15/h2-7H,1H3,(H3,12,13,14). The fourth-order valence-corrected chi connectivity index (χ4v) is 3.08. The molecule has 2 rings (SSSR count). The first-order chi connectivity index (χ1) is 7.59. The number of carbonyl (C=O) groups is 1. The fourth-order valence-electron chi connectivity index (χ4n) is 1.67. The van der Waals surface area contributed by atoms with E-state index in [1.165, 1.54) is 0 Å². The van der Waals surface area contributed by atoms with Crippen molar-refractivity contribution in [3.05, 3.63) is 34.7 Å². The molecule has 1 aliphatic heterocycles. The number of primary amides is 1. The predicted molar refractivity (Wildman–Crippen MR) is 63.0 cm³/mol. The van der Waals surface area contributed by atoms with Gasteiger partial charge in [0.25, 0.3) is 0 Å². The first kappa shape index (κ1) is 10.9. The second-order valence-corrected chi connectivity index (χ2v) is 5.03. The van der Waals surface area contributed by atoms with Gasteiger partial charge < -0.3 is 11.1 Å². The fraction of sp³-hybridized carbons (Fsp3) is 0.182. The lowest BCUT2D eigenvalue weighted by Crippen LogP contribution is -2.38. The molecule has 16 heavy (non-hydrogen) atoms. The number of rotatable bonds is 2. The summed E-state index contributed by atoms with van der Waals surface area (Å²) in [6.45, 7) is 1.76. The molecule has 2 atom stereocenters. The third-order valence-electron chi connectivity index (χ3n) is 2.42. The van der Waals surface area contributed by atoms with Gasteiger partial charge in [-0.05, 0) is 24.6 Å². The van der Waals surface area contributed by atoms with E-state index in [0.717, 1.165) is 10.5 Å². The Labute approximate surface area is 96.0 Å². The summed E-state index contributed by atoms with van der Waals surface area (Å²) in [5.74, 6) is 0. The number of carbonyl (C=O) groups excluding carboxylic acids is 1. The van der Waals surface area contributed by atoms with Crippen molar-refractivity contribution < 1.29 is 9.00 Å². The number of hydrogen-bond donors (Lipinski definition) is 2. The largest absolute Gasteiger partial charge is 0.352 e. The molecule has 3 N–H and O–H groups in total. The van der Waals surface area contributed by atoms with Gasteiger partial charge in [-0.2, -0.15) is 0 Å². The minimum Gasteiger partial charge on any atom is -0.352 e. The molecular weight excluding hydrogens is 224 g/mol. The third-order valence-corrected chi connectivity index (χ3v) is 4.09. The van der Waals surface area contributed by atoms with E-state index in [1.54, 1.807) is 6.92 Å². The molecule has 5 heteroatoms. The molecule has 1 aromatic rings. The summed E-state index contributed by atoms with van der Waals surface area (Å²) in [5.41, 5.74) is 5.97. The summed E-state index contributed by atoms with van der Waals surface area (Å²) in [6, 6.07) is 6.54. The lowest BCUT2D eigenvalue weighted by molar-refractivity contribution is 0.247. The van der Waals surface area contributed by atoms with Crippen molar-refractivity contribution >= 4 is 22.9 Å². The number of amides is 2. The summed E-state index contributed by atoms with van der Waals surface area (Å²) in [6.07, 6.45) is 1.84. The van der Waals surface area contributed by atoms with E-state index in [4.69, 9.17) is 5.73 Å². The van der Waals surface area contributed by atoms with Crippen LogP contribution in [0.2, 0.25) is 0 Å². The predicted octanol–water partition coefficient (Wildman–Crippen LogP) is 1.21. The van der Waals surface area contributed by atoms with Gasteiger partial charge in [0, 0.05) is 4.91 Å². The Bertz CT molecular complexity index is 497. The quantitative estimate of drug-likeness (QED) is 0.810. The molecule has 0 aliphatic carbocycles. The van der Waals surface area contributed by atoms with Crippen LogP contribution in [0.4, 0.5) is 4.79 Å². The number of nitrogens with two attached hydrogens (primary N) is 1. The Kier molecular flexibility index (Phi) is 2.78. The van der Waals surface area contributed by atoms with Gasteiger partial charge in [0.05, 0.1) is 21.7 Å². The number of fused-ring (bicyclic) bond motifs is 1. The van der Waals surface area contributed by atoms with E-state index in [-0.39, 0.29) is 6.04 Å². The molecule has 0 radical (unpaired) electrons. The van der Waals surface area contributed by atoms with Gasteiger partial charge in [0.1, 0.15) is 0 Å². The van der Waals surface area contributed by atoms with E-state index in [1.807, 2.05) is 30.3 Å². The van der Waals surface area contributed by atoms with Crippen LogP contribution in [0.1, 0.15) is 12.5 Å². The Morgan fingerprint density at radius 2 is 2.12 bits per heavy atom. The molecule has 4 nitrogen and oxygen atoms in total. The van der Waals surface area contributed by atoms with Gasteiger partial charge in [-0.25, -0.2) is 9.00 Å². The van der Waals surface area contributed by atoms with Crippen LogP contribution in [0, 0.1) is 0 Å². The summed E-state index contributed by atoms with van der Waals surface area (Å²) < 4.78 is 12.1. The highest BCUT2D eigenvalue weighted by atomic mass is 32.2. The minimum atomic E-state index is -1.19. The highest BCUT2D eigenvalue weighted by Crippen LogP contribution is 2.30. The van der Waals surface area contributed by atoms with Crippen LogP contribution in [-0.4, -0.2) is 16.3 Å². The molecule has 1 aromatic carbocycles. The number of benzene rings is 1. The average Bonchev–Trinajstić information content (AvgIpc) is 2.56. The summed E-state index contributed by atoms with van der Waals surface area (Å²) in [7, 11) is -1.19. The summed E-state index contributed by atoms with van der Waals surface area (Å²) in [4.78, 5) is 12.2. The summed E-state index contributed by atoms with van der Waals surface area (Å²) in [5, 5.41) is 2.53. The second-order valence-electron chi connectivity index (χ2n) is 3.58.